The molecule has 1 saturated heterocycles. The molecule has 0 spiro atoms. The Kier molecular flexibility index (Phi) is 6.82. The van der Waals surface area contributed by atoms with Gasteiger partial charge >= 0.3 is 5.97 Å². The number of ketones is 2. The number of thioether (sulfide) groups is 1. The highest BCUT2D eigenvalue weighted by Gasteiger charge is 2.22. The van der Waals surface area contributed by atoms with Crippen molar-refractivity contribution in [3.05, 3.63) is 59.7 Å². The van der Waals surface area contributed by atoms with Gasteiger partial charge in [0, 0.05) is 29.1 Å². The molecule has 3 rings (SSSR count). The van der Waals surface area contributed by atoms with Gasteiger partial charge in [-0.3, -0.25) is 14.4 Å². The van der Waals surface area contributed by atoms with E-state index in [-0.39, 0.29) is 23.2 Å². The van der Waals surface area contributed by atoms with Crippen LogP contribution < -0.4 is 4.90 Å². The van der Waals surface area contributed by atoms with Crippen molar-refractivity contribution in [1.82, 2.24) is 0 Å². The zero-order chi connectivity index (χ0) is 20.8. The van der Waals surface area contributed by atoms with Crippen LogP contribution in [0.25, 0.3) is 0 Å². The fourth-order valence-corrected chi connectivity index (χ4v) is 3.84. The molecule has 2 aromatic rings. The Bertz CT molecular complexity index is 956. The molecule has 0 N–H and O–H groups in total. The smallest absolute Gasteiger partial charge is 0.339 e. The first-order valence-corrected chi connectivity index (χ1v) is 10.3. The van der Waals surface area contributed by atoms with Crippen LogP contribution in [0.1, 0.15) is 40.5 Å². The van der Waals surface area contributed by atoms with Crippen LogP contribution in [0.3, 0.4) is 0 Å². The molecule has 0 bridgehead atoms. The lowest BCUT2D eigenvalue weighted by molar-refractivity contribution is -0.117. The molecule has 0 saturated carbocycles. The normalized spacial score (nSPS) is 13.4. The van der Waals surface area contributed by atoms with E-state index < -0.39 is 12.6 Å². The van der Waals surface area contributed by atoms with E-state index in [0.717, 1.165) is 6.42 Å². The van der Waals surface area contributed by atoms with Gasteiger partial charge in [0.25, 0.3) is 0 Å². The van der Waals surface area contributed by atoms with Gasteiger partial charge in [-0.1, -0.05) is 24.3 Å². The highest BCUT2D eigenvalue weighted by Crippen LogP contribution is 2.24. The lowest BCUT2D eigenvalue weighted by Gasteiger charge is -2.16. The van der Waals surface area contributed by atoms with Crippen molar-refractivity contribution in [3.63, 3.8) is 0 Å². The predicted octanol–water partition coefficient (Wildman–Crippen LogP) is 3.53. The standard InChI is InChI=1S/C22H21NO5S/c1-15(24)14-29-20-9-3-2-8-18(20)22(27)28-13-19(25)16-6-4-7-17(12-16)23-11-5-10-21(23)26/h2-4,6-9,12H,5,10-11,13-14H2,1H3. The number of hydrogen-bond donors (Lipinski definition) is 0. The summed E-state index contributed by atoms with van der Waals surface area (Å²) in [7, 11) is 0. The fourth-order valence-electron chi connectivity index (χ4n) is 3.00. The SMILES string of the molecule is CC(=O)CSc1ccccc1C(=O)OCC(=O)c1cccc(N2CCCC2=O)c1. The predicted molar refractivity (Wildman–Crippen MR) is 110 cm³/mol. The molecule has 0 radical (unpaired) electrons. The van der Waals surface area contributed by atoms with Gasteiger partial charge in [-0.2, -0.15) is 0 Å². The zero-order valence-corrected chi connectivity index (χ0v) is 16.9. The van der Waals surface area contributed by atoms with Crippen LogP contribution in [0.5, 0.6) is 0 Å². The summed E-state index contributed by atoms with van der Waals surface area (Å²) in [5.74, 6) is -0.660. The van der Waals surface area contributed by atoms with E-state index in [2.05, 4.69) is 0 Å². The number of ether oxygens (including phenoxy) is 1. The maximum Gasteiger partial charge on any atom is 0.339 e. The van der Waals surface area contributed by atoms with Crippen LogP contribution in [-0.2, 0) is 14.3 Å². The molecular formula is C22H21NO5S. The summed E-state index contributed by atoms with van der Waals surface area (Å²) in [6.45, 7) is 1.72. The number of nitrogens with zero attached hydrogens (tertiary/aromatic N) is 1. The maximum atomic E-state index is 12.5. The van der Waals surface area contributed by atoms with Crippen molar-refractivity contribution >= 4 is 40.9 Å². The van der Waals surface area contributed by atoms with Crippen LogP contribution in [0.15, 0.2) is 53.4 Å². The number of carbonyl (C=O) groups excluding carboxylic acids is 4. The minimum atomic E-state index is -0.615. The highest BCUT2D eigenvalue weighted by atomic mass is 32.2. The van der Waals surface area contributed by atoms with Crippen molar-refractivity contribution in [2.45, 2.75) is 24.7 Å². The lowest BCUT2D eigenvalue weighted by atomic mass is 10.1. The van der Waals surface area contributed by atoms with Crippen molar-refractivity contribution in [1.29, 1.82) is 0 Å². The Balaban J connectivity index is 1.65. The summed E-state index contributed by atoms with van der Waals surface area (Å²) >= 11 is 1.26. The fraction of sp³-hybridized carbons (Fsp3) is 0.273. The molecule has 0 atom stereocenters. The molecule has 2 aromatic carbocycles. The third-order valence-corrected chi connectivity index (χ3v) is 5.64. The number of amides is 1. The van der Waals surface area contributed by atoms with Gasteiger partial charge in [-0.05, 0) is 37.6 Å². The van der Waals surface area contributed by atoms with Crippen LogP contribution in [-0.4, -0.2) is 42.3 Å². The first-order valence-electron chi connectivity index (χ1n) is 9.27. The summed E-state index contributed by atoms with van der Waals surface area (Å²) in [4.78, 5) is 50.3. The molecule has 0 unspecified atom stereocenters. The van der Waals surface area contributed by atoms with Crippen molar-refractivity contribution in [2.75, 3.05) is 23.8 Å². The molecule has 29 heavy (non-hydrogen) atoms. The Morgan fingerprint density at radius 1 is 1.10 bits per heavy atom. The number of carbonyl (C=O) groups is 4. The molecule has 0 aliphatic carbocycles. The van der Waals surface area contributed by atoms with Crippen molar-refractivity contribution in [3.8, 4) is 0 Å². The topological polar surface area (TPSA) is 80.8 Å². The summed E-state index contributed by atoms with van der Waals surface area (Å²) < 4.78 is 5.21. The van der Waals surface area contributed by atoms with Crippen LogP contribution in [0.2, 0.25) is 0 Å². The van der Waals surface area contributed by atoms with Gasteiger partial charge in [0.15, 0.2) is 12.4 Å². The van der Waals surface area contributed by atoms with E-state index in [0.29, 0.717) is 34.7 Å². The second-order valence-corrected chi connectivity index (χ2v) is 7.70. The van der Waals surface area contributed by atoms with Gasteiger partial charge in [0.1, 0.15) is 5.78 Å². The molecule has 7 heteroatoms. The summed E-state index contributed by atoms with van der Waals surface area (Å²) in [6.07, 6.45) is 1.31. The number of benzene rings is 2. The molecule has 1 fully saturated rings. The average Bonchev–Trinajstić information content (AvgIpc) is 3.16. The van der Waals surface area contributed by atoms with E-state index in [1.807, 2.05) is 0 Å². The number of anilines is 1. The Morgan fingerprint density at radius 3 is 2.62 bits per heavy atom. The Hall–Kier alpha value is -2.93. The molecule has 0 aromatic heterocycles. The quantitative estimate of drug-likeness (QED) is 0.376. The van der Waals surface area contributed by atoms with Gasteiger partial charge in [-0.25, -0.2) is 4.79 Å². The summed E-state index contributed by atoms with van der Waals surface area (Å²) in [5.41, 5.74) is 1.38. The Morgan fingerprint density at radius 2 is 1.90 bits per heavy atom. The van der Waals surface area contributed by atoms with Gasteiger partial charge < -0.3 is 9.64 Å². The first kappa shape index (κ1) is 20.8. The number of rotatable bonds is 8. The maximum absolute atomic E-state index is 12.5. The third kappa shape index (κ3) is 5.32. The van der Waals surface area contributed by atoms with E-state index >= 15 is 0 Å². The summed E-state index contributed by atoms with van der Waals surface area (Å²) in [5, 5.41) is 0. The molecule has 6 nitrogen and oxygen atoms in total. The van der Waals surface area contributed by atoms with Gasteiger partial charge in [0.05, 0.1) is 11.3 Å². The number of esters is 1. The second-order valence-electron chi connectivity index (χ2n) is 6.69. The molecular weight excluding hydrogens is 390 g/mol. The Labute approximate surface area is 173 Å². The lowest BCUT2D eigenvalue weighted by Crippen LogP contribution is -2.24. The number of hydrogen-bond acceptors (Lipinski definition) is 6. The molecule has 1 aliphatic rings. The third-order valence-electron chi connectivity index (χ3n) is 4.43. The van der Waals surface area contributed by atoms with E-state index in [4.69, 9.17) is 4.74 Å². The van der Waals surface area contributed by atoms with E-state index in [1.54, 1.807) is 53.4 Å². The van der Waals surface area contributed by atoms with E-state index in [9.17, 15) is 19.2 Å². The second kappa shape index (κ2) is 9.52. The van der Waals surface area contributed by atoms with E-state index in [1.165, 1.54) is 18.7 Å². The molecule has 1 aliphatic heterocycles. The van der Waals surface area contributed by atoms with Gasteiger partial charge in [0.2, 0.25) is 5.91 Å². The monoisotopic (exact) mass is 411 g/mol. The summed E-state index contributed by atoms with van der Waals surface area (Å²) in [6, 6.07) is 13.6. The minimum absolute atomic E-state index is 0.00436. The first-order chi connectivity index (χ1) is 14.0. The number of Topliss-reactive ketones (excluding diaryl/α,β-unsaturated/α-hetero) is 2. The van der Waals surface area contributed by atoms with Crippen LogP contribution >= 0.6 is 11.8 Å². The minimum Gasteiger partial charge on any atom is -0.454 e. The van der Waals surface area contributed by atoms with Gasteiger partial charge in [-0.15, -0.1) is 11.8 Å². The molecule has 1 amide bonds. The highest BCUT2D eigenvalue weighted by molar-refractivity contribution is 8.00. The average molecular weight is 411 g/mol. The van der Waals surface area contributed by atoms with Crippen LogP contribution in [0.4, 0.5) is 5.69 Å². The molecule has 1 heterocycles. The zero-order valence-electron chi connectivity index (χ0n) is 16.1. The van der Waals surface area contributed by atoms with Crippen molar-refractivity contribution in [2.24, 2.45) is 0 Å². The molecule has 150 valence electrons. The van der Waals surface area contributed by atoms with Crippen LogP contribution in [0, 0.1) is 0 Å². The van der Waals surface area contributed by atoms with Crippen molar-refractivity contribution < 1.29 is 23.9 Å². The largest absolute Gasteiger partial charge is 0.454 e.